The van der Waals surface area contributed by atoms with E-state index in [1.807, 2.05) is 31.2 Å². The minimum absolute atomic E-state index is 0.0590. The predicted octanol–water partition coefficient (Wildman–Crippen LogP) is 0.709. The molecule has 0 bridgehead atoms. The maximum Gasteiger partial charge on any atom is 0.230 e. The van der Waals surface area contributed by atoms with E-state index in [9.17, 15) is 4.79 Å². The molecule has 1 heterocycles. The van der Waals surface area contributed by atoms with Crippen LogP contribution in [0.5, 0.6) is 0 Å². The third-order valence-electron chi connectivity index (χ3n) is 2.61. The van der Waals surface area contributed by atoms with Crippen LogP contribution in [0.15, 0.2) is 35.7 Å². The van der Waals surface area contributed by atoms with Crippen molar-refractivity contribution in [1.29, 1.82) is 0 Å². The average molecular weight is 277 g/mol. The Bertz CT molecular complexity index is 569. The molecule has 100 valence electrons. The Morgan fingerprint density at radius 2 is 2.26 bits per heavy atom. The number of nitrogen functional groups attached to an aromatic ring is 1. The summed E-state index contributed by atoms with van der Waals surface area (Å²) in [5.41, 5.74) is 2.28. The van der Waals surface area contributed by atoms with Gasteiger partial charge in [-0.25, -0.2) is 4.68 Å². The summed E-state index contributed by atoms with van der Waals surface area (Å²) < 4.78 is 1.29. The Labute approximate surface area is 115 Å². The maximum absolute atomic E-state index is 11.7. The lowest BCUT2D eigenvalue weighted by atomic mass is 10.1. The van der Waals surface area contributed by atoms with Crippen molar-refractivity contribution >= 4 is 17.7 Å². The summed E-state index contributed by atoms with van der Waals surface area (Å²) in [4.78, 5) is 11.7. The van der Waals surface area contributed by atoms with Crippen LogP contribution in [0.3, 0.4) is 0 Å². The van der Waals surface area contributed by atoms with Crippen molar-refractivity contribution in [2.75, 3.05) is 11.6 Å². The standard InChI is InChI=1S/C12H15N5OS/c1-9-4-2-3-5-10(9)6-14-11(18)7-19-12-16-15-8-17(12)13/h2-5,8H,6-7,13H2,1H3,(H,14,18). The second-order valence-corrected chi connectivity index (χ2v) is 4.96. The molecule has 1 aromatic heterocycles. The second-order valence-electron chi connectivity index (χ2n) is 4.01. The van der Waals surface area contributed by atoms with Crippen LogP contribution in [0.2, 0.25) is 0 Å². The second kappa shape index (κ2) is 6.24. The molecule has 0 aliphatic carbocycles. The number of amides is 1. The Morgan fingerprint density at radius 3 is 2.95 bits per heavy atom. The summed E-state index contributed by atoms with van der Waals surface area (Å²) in [6.07, 6.45) is 1.40. The van der Waals surface area contributed by atoms with Gasteiger partial charge in [0.15, 0.2) is 0 Å². The van der Waals surface area contributed by atoms with E-state index in [2.05, 4.69) is 15.5 Å². The van der Waals surface area contributed by atoms with Crippen LogP contribution in [0.25, 0.3) is 0 Å². The molecule has 0 fully saturated rings. The van der Waals surface area contributed by atoms with E-state index in [4.69, 9.17) is 5.84 Å². The topological polar surface area (TPSA) is 85.8 Å². The van der Waals surface area contributed by atoms with Crippen LogP contribution in [0, 0.1) is 6.92 Å². The third kappa shape index (κ3) is 3.72. The highest BCUT2D eigenvalue weighted by molar-refractivity contribution is 7.99. The van der Waals surface area contributed by atoms with Crippen molar-refractivity contribution in [3.8, 4) is 0 Å². The van der Waals surface area contributed by atoms with Gasteiger partial charge < -0.3 is 11.2 Å². The van der Waals surface area contributed by atoms with E-state index in [1.54, 1.807) is 0 Å². The summed E-state index contributed by atoms with van der Waals surface area (Å²) in [5.74, 6) is 5.76. The highest BCUT2D eigenvalue weighted by atomic mass is 32.2. The fraction of sp³-hybridized carbons (Fsp3) is 0.250. The smallest absolute Gasteiger partial charge is 0.230 e. The number of carbonyl (C=O) groups is 1. The number of carbonyl (C=O) groups excluding carboxylic acids is 1. The van der Waals surface area contributed by atoms with E-state index in [0.717, 1.165) is 11.1 Å². The van der Waals surface area contributed by atoms with Crippen LogP contribution >= 0.6 is 11.8 Å². The maximum atomic E-state index is 11.7. The summed E-state index contributed by atoms with van der Waals surface area (Å²) >= 11 is 1.25. The highest BCUT2D eigenvalue weighted by Gasteiger charge is 2.07. The summed E-state index contributed by atoms with van der Waals surface area (Å²) in [6.45, 7) is 2.55. The normalized spacial score (nSPS) is 10.4. The van der Waals surface area contributed by atoms with Gasteiger partial charge in [-0.1, -0.05) is 36.0 Å². The number of rotatable bonds is 5. The first-order valence-electron chi connectivity index (χ1n) is 5.76. The van der Waals surface area contributed by atoms with E-state index >= 15 is 0 Å². The van der Waals surface area contributed by atoms with Crippen LogP contribution < -0.4 is 11.2 Å². The lowest BCUT2D eigenvalue weighted by Crippen LogP contribution is -2.25. The van der Waals surface area contributed by atoms with Crippen molar-refractivity contribution < 1.29 is 4.79 Å². The molecule has 0 aliphatic rings. The van der Waals surface area contributed by atoms with E-state index in [0.29, 0.717) is 11.7 Å². The van der Waals surface area contributed by atoms with Gasteiger partial charge in [-0.2, -0.15) is 0 Å². The molecule has 1 aromatic carbocycles. The van der Waals surface area contributed by atoms with Crippen LogP contribution in [0.1, 0.15) is 11.1 Å². The molecular formula is C12H15N5OS. The zero-order valence-electron chi connectivity index (χ0n) is 10.5. The minimum Gasteiger partial charge on any atom is -0.351 e. The zero-order chi connectivity index (χ0) is 13.7. The summed E-state index contributed by atoms with van der Waals surface area (Å²) in [7, 11) is 0. The summed E-state index contributed by atoms with van der Waals surface area (Å²) in [6, 6.07) is 7.96. The first kappa shape index (κ1) is 13.4. The van der Waals surface area contributed by atoms with Crippen LogP contribution in [-0.4, -0.2) is 26.5 Å². The number of nitrogens with one attached hydrogen (secondary N) is 1. The Balaban J connectivity index is 1.79. The lowest BCUT2D eigenvalue weighted by Gasteiger charge is -2.07. The molecule has 3 N–H and O–H groups in total. The Kier molecular flexibility index (Phi) is 4.40. The molecule has 0 saturated heterocycles. The monoisotopic (exact) mass is 277 g/mol. The number of hydrogen-bond donors (Lipinski definition) is 2. The van der Waals surface area contributed by atoms with Gasteiger partial charge in [0.25, 0.3) is 0 Å². The molecule has 0 atom stereocenters. The molecule has 7 heteroatoms. The quantitative estimate of drug-likeness (QED) is 0.621. The predicted molar refractivity (Wildman–Crippen MR) is 73.9 cm³/mol. The lowest BCUT2D eigenvalue weighted by molar-refractivity contribution is -0.118. The van der Waals surface area contributed by atoms with Gasteiger partial charge >= 0.3 is 0 Å². The molecule has 2 aromatic rings. The molecule has 0 aliphatic heterocycles. The molecule has 19 heavy (non-hydrogen) atoms. The molecule has 0 unspecified atom stereocenters. The summed E-state index contributed by atoms with van der Waals surface area (Å²) in [5, 5.41) is 10.8. The minimum atomic E-state index is -0.0590. The number of thioether (sulfide) groups is 1. The van der Waals surface area contributed by atoms with Gasteiger partial charge in [-0.15, -0.1) is 10.2 Å². The van der Waals surface area contributed by atoms with E-state index in [1.165, 1.54) is 22.8 Å². The van der Waals surface area contributed by atoms with Crippen molar-refractivity contribution in [2.45, 2.75) is 18.6 Å². The highest BCUT2D eigenvalue weighted by Crippen LogP contribution is 2.12. The van der Waals surface area contributed by atoms with Crippen molar-refractivity contribution in [2.24, 2.45) is 0 Å². The number of hydrogen-bond acceptors (Lipinski definition) is 5. The number of benzene rings is 1. The fourth-order valence-electron chi connectivity index (χ4n) is 1.52. The fourth-order valence-corrected chi connectivity index (χ4v) is 2.18. The zero-order valence-corrected chi connectivity index (χ0v) is 11.4. The first-order chi connectivity index (χ1) is 9.16. The number of aryl methyl sites for hydroxylation is 1. The number of nitrogens with two attached hydrogens (primary N) is 1. The Hall–Kier alpha value is -2.02. The van der Waals surface area contributed by atoms with Gasteiger partial charge in [0.1, 0.15) is 6.33 Å². The molecule has 0 radical (unpaired) electrons. The first-order valence-corrected chi connectivity index (χ1v) is 6.74. The van der Waals surface area contributed by atoms with Gasteiger partial charge in [-0.3, -0.25) is 4.79 Å². The largest absolute Gasteiger partial charge is 0.351 e. The van der Waals surface area contributed by atoms with E-state index in [-0.39, 0.29) is 11.7 Å². The molecule has 2 rings (SSSR count). The van der Waals surface area contributed by atoms with E-state index < -0.39 is 0 Å². The van der Waals surface area contributed by atoms with Crippen molar-refractivity contribution in [1.82, 2.24) is 20.2 Å². The average Bonchev–Trinajstić information content (AvgIpc) is 2.81. The van der Waals surface area contributed by atoms with Crippen molar-refractivity contribution in [3.63, 3.8) is 0 Å². The van der Waals surface area contributed by atoms with Gasteiger partial charge in [0, 0.05) is 6.54 Å². The molecule has 0 saturated carbocycles. The van der Waals surface area contributed by atoms with Crippen LogP contribution in [-0.2, 0) is 11.3 Å². The molecule has 0 spiro atoms. The molecule has 1 amide bonds. The number of aromatic nitrogens is 3. The molecule has 6 nitrogen and oxygen atoms in total. The van der Waals surface area contributed by atoms with Gasteiger partial charge in [-0.05, 0) is 18.1 Å². The van der Waals surface area contributed by atoms with Gasteiger partial charge in [0.2, 0.25) is 11.1 Å². The van der Waals surface area contributed by atoms with Crippen molar-refractivity contribution in [3.05, 3.63) is 41.7 Å². The van der Waals surface area contributed by atoms with Crippen LogP contribution in [0.4, 0.5) is 0 Å². The van der Waals surface area contributed by atoms with Gasteiger partial charge in [0.05, 0.1) is 5.75 Å². The number of nitrogens with zero attached hydrogens (tertiary/aromatic N) is 3. The molecular weight excluding hydrogens is 262 g/mol. The SMILES string of the molecule is Cc1ccccc1CNC(=O)CSc1nncn1N. The third-order valence-corrected chi connectivity index (χ3v) is 3.57. The Morgan fingerprint density at radius 1 is 1.47 bits per heavy atom.